The van der Waals surface area contributed by atoms with E-state index in [4.69, 9.17) is 0 Å². The fraction of sp³-hybridized carbons (Fsp3) is 0.368. The minimum atomic E-state index is 0.260. The summed E-state index contributed by atoms with van der Waals surface area (Å²) in [6.07, 6.45) is 1.14. The molecule has 1 nitrogen and oxygen atoms in total. The Hall–Kier alpha value is -1.12. The molecule has 0 amide bonds. The zero-order valence-electron chi connectivity index (χ0n) is 13.3. The van der Waals surface area contributed by atoms with Gasteiger partial charge in [0.2, 0.25) is 0 Å². The third kappa shape index (κ3) is 3.96. The van der Waals surface area contributed by atoms with Crippen molar-refractivity contribution in [2.45, 2.75) is 40.2 Å². The van der Waals surface area contributed by atoms with Crippen LogP contribution in [0.15, 0.2) is 40.9 Å². The van der Waals surface area contributed by atoms with Gasteiger partial charge in [0.05, 0.1) is 6.04 Å². The molecular formula is C19H24BrN. The molecule has 0 aliphatic rings. The summed E-state index contributed by atoms with van der Waals surface area (Å²) in [5.74, 6) is 0. The second-order valence-electron chi connectivity index (χ2n) is 5.77. The molecule has 2 heteroatoms. The number of hydrogen-bond donors (Lipinski definition) is 1. The van der Waals surface area contributed by atoms with Gasteiger partial charge in [0.15, 0.2) is 0 Å². The molecule has 112 valence electrons. The zero-order valence-corrected chi connectivity index (χ0v) is 14.9. The van der Waals surface area contributed by atoms with Gasteiger partial charge in [-0.3, -0.25) is 0 Å². The normalized spacial score (nSPS) is 12.4. The van der Waals surface area contributed by atoms with Crippen LogP contribution in [0.5, 0.6) is 0 Å². The Balaban J connectivity index is 2.45. The molecule has 1 unspecified atom stereocenters. The van der Waals surface area contributed by atoms with Crippen LogP contribution in [0.2, 0.25) is 0 Å². The highest BCUT2D eigenvalue weighted by molar-refractivity contribution is 9.10. The topological polar surface area (TPSA) is 12.0 Å². The van der Waals surface area contributed by atoms with Gasteiger partial charge in [-0.15, -0.1) is 0 Å². The lowest BCUT2D eigenvalue weighted by molar-refractivity contribution is 0.597. The van der Waals surface area contributed by atoms with Gasteiger partial charge in [0.1, 0.15) is 0 Å². The molecule has 0 saturated heterocycles. The van der Waals surface area contributed by atoms with Crippen LogP contribution in [0.4, 0.5) is 0 Å². The molecule has 0 saturated carbocycles. The molecule has 0 aliphatic heterocycles. The lowest BCUT2D eigenvalue weighted by atomic mass is 9.94. The van der Waals surface area contributed by atoms with Crippen molar-refractivity contribution in [3.63, 3.8) is 0 Å². The van der Waals surface area contributed by atoms with E-state index in [1.165, 1.54) is 32.3 Å². The third-order valence-electron chi connectivity index (χ3n) is 3.77. The van der Waals surface area contributed by atoms with Crippen LogP contribution in [0, 0.1) is 20.8 Å². The molecule has 0 radical (unpaired) electrons. The maximum atomic E-state index is 3.69. The molecule has 1 N–H and O–H groups in total. The van der Waals surface area contributed by atoms with E-state index < -0.39 is 0 Å². The van der Waals surface area contributed by atoms with Gasteiger partial charge in [-0.1, -0.05) is 64.8 Å². The Morgan fingerprint density at radius 2 is 1.67 bits per heavy atom. The van der Waals surface area contributed by atoms with E-state index in [1.54, 1.807) is 0 Å². The average molecular weight is 346 g/mol. The molecule has 0 spiro atoms. The first kappa shape index (κ1) is 16.3. The molecule has 0 aromatic heterocycles. The van der Waals surface area contributed by atoms with Gasteiger partial charge in [-0.25, -0.2) is 0 Å². The summed E-state index contributed by atoms with van der Waals surface area (Å²) < 4.78 is 1.21. The largest absolute Gasteiger partial charge is 0.306 e. The van der Waals surface area contributed by atoms with Crippen LogP contribution >= 0.6 is 15.9 Å². The van der Waals surface area contributed by atoms with Gasteiger partial charge < -0.3 is 5.32 Å². The van der Waals surface area contributed by atoms with Crippen molar-refractivity contribution in [1.82, 2.24) is 5.32 Å². The number of nitrogens with one attached hydrogen (secondary N) is 1. The molecule has 21 heavy (non-hydrogen) atoms. The second kappa shape index (κ2) is 7.24. The van der Waals surface area contributed by atoms with Crippen LogP contribution in [-0.2, 0) is 0 Å². The van der Waals surface area contributed by atoms with Crippen molar-refractivity contribution in [3.05, 3.63) is 68.7 Å². The van der Waals surface area contributed by atoms with Crippen molar-refractivity contribution < 1.29 is 0 Å². The molecule has 1 atom stereocenters. The Kier molecular flexibility index (Phi) is 5.60. The van der Waals surface area contributed by atoms with Crippen LogP contribution in [0.25, 0.3) is 0 Å². The summed E-state index contributed by atoms with van der Waals surface area (Å²) in [5.41, 5.74) is 6.57. The van der Waals surface area contributed by atoms with Crippen molar-refractivity contribution in [2.75, 3.05) is 6.54 Å². The molecule has 2 aromatic carbocycles. The standard InChI is InChI=1S/C19H24BrN/c1-5-9-21-19(16-8-6-7-13(2)10-16)17-11-14(3)18(20)15(4)12-17/h6-8,10-12,19,21H,5,9H2,1-4H3. The quantitative estimate of drug-likeness (QED) is 0.758. The summed E-state index contributed by atoms with van der Waals surface area (Å²) in [5, 5.41) is 3.69. The predicted molar refractivity (Wildman–Crippen MR) is 94.9 cm³/mol. The van der Waals surface area contributed by atoms with Crippen molar-refractivity contribution in [3.8, 4) is 0 Å². The fourth-order valence-electron chi connectivity index (χ4n) is 2.71. The Bertz CT molecular complexity index is 596. The van der Waals surface area contributed by atoms with E-state index in [0.29, 0.717) is 0 Å². The first-order chi connectivity index (χ1) is 10.0. The molecule has 0 aliphatic carbocycles. The minimum Gasteiger partial charge on any atom is -0.306 e. The summed E-state index contributed by atoms with van der Waals surface area (Å²) in [6, 6.07) is 13.6. The minimum absolute atomic E-state index is 0.260. The molecule has 0 fully saturated rings. The predicted octanol–water partition coefficient (Wildman–Crippen LogP) is 5.46. The van der Waals surface area contributed by atoms with E-state index in [1.807, 2.05) is 0 Å². The summed E-state index contributed by atoms with van der Waals surface area (Å²) in [7, 11) is 0. The molecule has 2 aromatic rings. The summed E-state index contributed by atoms with van der Waals surface area (Å²) in [6.45, 7) is 9.70. The van der Waals surface area contributed by atoms with E-state index in [9.17, 15) is 0 Å². The third-order valence-corrected chi connectivity index (χ3v) is 5.02. The zero-order chi connectivity index (χ0) is 15.4. The van der Waals surface area contributed by atoms with Gasteiger partial charge in [0, 0.05) is 4.47 Å². The first-order valence-electron chi connectivity index (χ1n) is 7.59. The average Bonchev–Trinajstić information content (AvgIpc) is 2.45. The van der Waals surface area contributed by atoms with Crippen LogP contribution in [0.3, 0.4) is 0 Å². The monoisotopic (exact) mass is 345 g/mol. The lowest BCUT2D eigenvalue weighted by Gasteiger charge is -2.22. The van der Waals surface area contributed by atoms with Crippen molar-refractivity contribution in [1.29, 1.82) is 0 Å². The van der Waals surface area contributed by atoms with Crippen molar-refractivity contribution >= 4 is 15.9 Å². The molecule has 2 rings (SSSR count). The van der Waals surface area contributed by atoms with Gasteiger partial charge in [0.25, 0.3) is 0 Å². The van der Waals surface area contributed by atoms with Crippen molar-refractivity contribution in [2.24, 2.45) is 0 Å². The molecular weight excluding hydrogens is 322 g/mol. The van der Waals surface area contributed by atoms with E-state index in [2.05, 4.69) is 85.3 Å². The number of rotatable bonds is 5. The highest BCUT2D eigenvalue weighted by Crippen LogP contribution is 2.29. The Morgan fingerprint density at radius 3 is 2.24 bits per heavy atom. The number of hydrogen-bond acceptors (Lipinski definition) is 1. The van der Waals surface area contributed by atoms with E-state index >= 15 is 0 Å². The fourth-order valence-corrected chi connectivity index (χ4v) is 2.94. The highest BCUT2D eigenvalue weighted by Gasteiger charge is 2.15. The smallest absolute Gasteiger partial charge is 0.0577 e. The van der Waals surface area contributed by atoms with E-state index in [-0.39, 0.29) is 6.04 Å². The maximum absolute atomic E-state index is 3.69. The van der Waals surface area contributed by atoms with Crippen LogP contribution < -0.4 is 5.32 Å². The SMILES string of the molecule is CCCNC(c1cccc(C)c1)c1cc(C)c(Br)c(C)c1. The Labute approximate surface area is 136 Å². The molecule has 0 heterocycles. The second-order valence-corrected chi connectivity index (χ2v) is 6.56. The van der Waals surface area contributed by atoms with Gasteiger partial charge in [-0.2, -0.15) is 0 Å². The highest BCUT2D eigenvalue weighted by atomic mass is 79.9. The molecule has 0 bridgehead atoms. The van der Waals surface area contributed by atoms with Crippen LogP contribution in [-0.4, -0.2) is 6.54 Å². The number of aryl methyl sites for hydroxylation is 3. The Morgan fingerprint density at radius 1 is 1.00 bits per heavy atom. The van der Waals surface area contributed by atoms with Gasteiger partial charge in [-0.05, 0) is 56.0 Å². The van der Waals surface area contributed by atoms with E-state index in [0.717, 1.165) is 13.0 Å². The lowest BCUT2D eigenvalue weighted by Crippen LogP contribution is -2.23. The number of benzene rings is 2. The summed E-state index contributed by atoms with van der Waals surface area (Å²) in [4.78, 5) is 0. The van der Waals surface area contributed by atoms with Gasteiger partial charge >= 0.3 is 0 Å². The number of halogens is 1. The summed E-state index contributed by atoms with van der Waals surface area (Å²) >= 11 is 3.66. The maximum Gasteiger partial charge on any atom is 0.0577 e. The first-order valence-corrected chi connectivity index (χ1v) is 8.38. The van der Waals surface area contributed by atoms with Crippen LogP contribution in [0.1, 0.15) is 47.2 Å².